The summed E-state index contributed by atoms with van der Waals surface area (Å²) in [6, 6.07) is 31.1. The van der Waals surface area contributed by atoms with Gasteiger partial charge in [0.2, 0.25) is 6.79 Å². The molecular formula is C26H18NO3P. The Kier molecular flexibility index (Phi) is 4.09. The molecule has 0 fully saturated rings. The number of benzene rings is 4. The van der Waals surface area contributed by atoms with Crippen LogP contribution in [0.25, 0.3) is 21.7 Å². The fraction of sp³-hybridized carbons (Fsp3) is 0.0385. The van der Waals surface area contributed by atoms with Gasteiger partial charge in [-0.3, -0.25) is 0 Å². The smallest absolute Gasteiger partial charge is 0.231 e. The second kappa shape index (κ2) is 6.97. The van der Waals surface area contributed by atoms with E-state index in [1.165, 1.54) is 0 Å². The number of fused-ring (bicyclic) bond motifs is 4. The topological polar surface area (TPSA) is 48.4 Å². The van der Waals surface area contributed by atoms with Gasteiger partial charge in [-0.1, -0.05) is 78.9 Å². The third-order valence-electron chi connectivity index (χ3n) is 5.71. The summed E-state index contributed by atoms with van der Waals surface area (Å²) in [7, 11) is -3.26. The molecule has 0 N–H and O–H groups in total. The molecule has 0 radical (unpaired) electrons. The number of nitrogens with zero attached hydrogens (tertiary/aromatic N) is 1. The van der Waals surface area contributed by atoms with Crippen LogP contribution in [-0.2, 0) is 4.57 Å². The number of hydrogen-bond acceptors (Lipinski definition) is 4. The van der Waals surface area contributed by atoms with Gasteiger partial charge in [-0.15, -0.1) is 0 Å². The van der Waals surface area contributed by atoms with E-state index in [-0.39, 0.29) is 6.79 Å². The molecule has 6 rings (SSSR count). The van der Waals surface area contributed by atoms with Crippen LogP contribution in [-0.4, -0.2) is 11.8 Å². The first-order chi connectivity index (χ1) is 15.2. The SMILES string of the molecule is O=P(c1ccccc1)(c1ccccc1)c1nc2ccccc2c2cc3c(cc12)OCO3. The van der Waals surface area contributed by atoms with Gasteiger partial charge in [0, 0.05) is 21.4 Å². The van der Waals surface area contributed by atoms with Crippen LogP contribution in [0.1, 0.15) is 0 Å². The molecule has 150 valence electrons. The minimum absolute atomic E-state index is 0.182. The zero-order valence-corrected chi connectivity index (χ0v) is 17.5. The molecule has 0 spiro atoms. The molecule has 0 saturated heterocycles. The molecule has 31 heavy (non-hydrogen) atoms. The molecule has 0 saturated carbocycles. The number of pyridine rings is 1. The first-order valence-corrected chi connectivity index (χ1v) is 11.8. The zero-order chi connectivity index (χ0) is 20.8. The van der Waals surface area contributed by atoms with Crippen molar-refractivity contribution in [3.8, 4) is 11.5 Å². The van der Waals surface area contributed by atoms with Gasteiger partial charge in [-0.2, -0.15) is 0 Å². The normalized spacial score (nSPS) is 13.0. The van der Waals surface area contributed by atoms with Crippen LogP contribution < -0.4 is 25.5 Å². The largest absolute Gasteiger partial charge is 0.454 e. The van der Waals surface area contributed by atoms with Crippen LogP contribution in [0.4, 0.5) is 0 Å². The fourth-order valence-corrected chi connectivity index (χ4v) is 6.98. The Morgan fingerprint density at radius 2 is 1.19 bits per heavy atom. The Labute approximate surface area is 179 Å². The third-order valence-corrected chi connectivity index (χ3v) is 8.70. The predicted octanol–water partition coefficient (Wildman–Crippen LogP) is 4.76. The number of aromatic nitrogens is 1. The Morgan fingerprint density at radius 3 is 1.84 bits per heavy atom. The van der Waals surface area contributed by atoms with Crippen molar-refractivity contribution in [2.24, 2.45) is 0 Å². The lowest BCUT2D eigenvalue weighted by molar-refractivity contribution is 0.174. The van der Waals surface area contributed by atoms with E-state index in [0.29, 0.717) is 16.9 Å². The highest BCUT2D eigenvalue weighted by atomic mass is 31.2. The molecule has 1 aromatic heterocycles. The third kappa shape index (κ3) is 2.76. The number of ether oxygens (including phenoxy) is 2. The van der Waals surface area contributed by atoms with Crippen LogP contribution in [0.5, 0.6) is 11.5 Å². The molecule has 2 heterocycles. The Morgan fingerprint density at radius 1 is 0.645 bits per heavy atom. The monoisotopic (exact) mass is 423 g/mol. The van der Waals surface area contributed by atoms with E-state index < -0.39 is 7.14 Å². The highest BCUT2D eigenvalue weighted by molar-refractivity contribution is 7.85. The quantitative estimate of drug-likeness (QED) is 0.310. The molecule has 0 bridgehead atoms. The van der Waals surface area contributed by atoms with Gasteiger partial charge in [-0.05, 0) is 23.6 Å². The summed E-state index contributed by atoms with van der Waals surface area (Å²) in [4.78, 5) is 4.99. The maximum Gasteiger partial charge on any atom is 0.231 e. The number of hydrogen-bond donors (Lipinski definition) is 0. The maximum absolute atomic E-state index is 15.0. The van der Waals surface area contributed by atoms with E-state index in [1.54, 1.807) is 0 Å². The van der Waals surface area contributed by atoms with Crippen LogP contribution in [0.15, 0.2) is 97.1 Å². The summed E-state index contributed by atoms with van der Waals surface area (Å²) in [6.07, 6.45) is 0. The molecule has 1 aliphatic rings. The first kappa shape index (κ1) is 18.2. The molecular weight excluding hydrogens is 405 g/mol. The van der Waals surface area contributed by atoms with Gasteiger partial charge < -0.3 is 14.0 Å². The Hall–Kier alpha value is -3.62. The summed E-state index contributed by atoms with van der Waals surface area (Å²) in [6.45, 7) is 0.182. The summed E-state index contributed by atoms with van der Waals surface area (Å²) in [5, 5.41) is 4.27. The average molecular weight is 423 g/mol. The van der Waals surface area contributed by atoms with E-state index in [0.717, 1.165) is 32.3 Å². The van der Waals surface area contributed by atoms with Crippen molar-refractivity contribution in [1.82, 2.24) is 4.98 Å². The standard InChI is InChI=1S/C26H18NO3P/c28-31(18-9-3-1-4-10-18,19-11-5-2-6-12-19)26-22-16-25-24(29-17-30-25)15-21(22)20-13-7-8-14-23(20)27-26/h1-16H,17H2. The van der Waals surface area contributed by atoms with E-state index in [1.807, 2.05) is 97.1 Å². The van der Waals surface area contributed by atoms with Gasteiger partial charge in [0.05, 0.1) is 5.52 Å². The second-order valence-electron chi connectivity index (χ2n) is 7.48. The lowest BCUT2D eigenvalue weighted by atomic mass is 10.1. The first-order valence-electron chi connectivity index (χ1n) is 10.1. The van der Waals surface area contributed by atoms with Crippen LogP contribution >= 0.6 is 7.14 Å². The lowest BCUT2D eigenvalue weighted by Gasteiger charge is -2.21. The van der Waals surface area contributed by atoms with E-state index >= 15 is 4.57 Å². The van der Waals surface area contributed by atoms with E-state index in [9.17, 15) is 0 Å². The lowest BCUT2D eigenvalue weighted by Crippen LogP contribution is -2.27. The van der Waals surface area contributed by atoms with Gasteiger partial charge in [-0.25, -0.2) is 4.98 Å². The molecule has 0 atom stereocenters. The second-order valence-corrected chi connectivity index (χ2v) is 10.2. The minimum Gasteiger partial charge on any atom is -0.454 e. The average Bonchev–Trinajstić information content (AvgIpc) is 3.30. The molecule has 0 unspecified atom stereocenters. The fourth-order valence-electron chi connectivity index (χ4n) is 4.23. The highest BCUT2D eigenvalue weighted by Crippen LogP contribution is 2.46. The summed E-state index contributed by atoms with van der Waals surface area (Å²) in [5.74, 6) is 1.35. The number of rotatable bonds is 3. The minimum atomic E-state index is -3.26. The van der Waals surface area contributed by atoms with Crippen LogP contribution in [0.2, 0.25) is 0 Å². The van der Waals surface area contributed by atoms with Crippen molar-refractivity contribution < 1.29 is 14.0 Å². The van der Waals surface area contributed by atoms with Crippen molar-refractivity contribution in [3.63, 3.8) is 0 Å². The summed E-state index contributed by atoms with van der Waals surface area (Å²) < 4.78 is 26.3. The van der Waals surface area contributed by atoms with Crippen LogP contribution in [0, 0.1) is 0 Å². The predicted molar refractivity (Wildman–Crippen MR) is 125 cm³/mol. The van der Waals surface area contributed by atoms with Gasteiger partial charge in [0.25, 0.3) is 0 Å². The number of para-hydroxylation sites is 1. The van der Waals surface area contributed by atoms with Crippen molar-refractivity contribution in [2.45, 2.75) is 0 Å². The van der Waals surface area contributed by atoms with E-state index in [4.69, 9.17) is 14.5 Å². The van der Waals surface area contributed by atoms with E-state index in [2.05, 4.69) is 0 Å². The molecule has 4 nitrogen and oxygen atoms in total. The van der Waals surface area contributed by atoms with Gasteiger partial charge >= 0.3 is 0 Å². The summed E-state index contributed by atoms with van der Waals surface area (Å²) in [5.41, 5.74) is 1.37. The molecule has 5 heteroatoms. The van der Waals surface area contributed by atoms with Crippen molar-refractivity contribution in [1.29, 1.82) is 0 Å². The molecule has 0 aliphatic carbocycles. The molecule has 5 aromatic rings. The zero-order valence-electron chi connectivity index (χ0n) is 16.6. The van der Waals surface area contributed by atoms with Gasteiger partial charge in [0.15, 0.2) is 18.6 Å². The maximum atomic E-state index is 15.0. The van der Waals surface area contributed by atoms with Crippen molar-refractivity contribution >= 4 is 44.9 Å². The highest BCUT2D eigenvalue weighted by Gasteiger charge is 2.34. The molecule has 1 aliphatic heterocycles. The van der Waals surface area contributed by atoms with Gasteiger partial charge in [0.1, 0.15) is 5.44 Å². The molecule has 0 amide bonds. The van der Waals surface area contributed by atoms with Crippen molar-refractivity contribution in [2.75, 3.05) is 6.79 Å². The summed E-state index contributed by atoms with van der Waals surface area (Å²) >= 11 is 0. The van der Waals surface area contributed by atoms with Crippen LogP contribution in [0.3, 0.4) is 0 Å². The Bertz CT molecular complexity index is 1440. The Balaban J connectivity index is 1.79. The van der Waals surface area contributed by atoms with Crippen molar-refractivity contribution in [3.05, 3.63) is 97.1 Å². The molecule has 4 aromatic carbocycles.